The minimum Gasteiger partial charge on any atom is -0.315 e. The number of carbonyl (C=O) groups excluding carboxylic acids is 2. The predicted molar refractivity (Wildman–Crippen MR) is 141 cm³/mol. The number of hydroxylamine groups is 2. The Labute approximate surface area is 209 Å². The van der Waals surface area contributed by atoms with Crippen LogP contribution in [-0.4, -0.2) is 45.5 Å². The first kappa shape index (κ1) is 26.5. The number of amides is 4. The minimum absolute atomic E-state index is 0.207. The van der Waals surface area contributed by atoms with Crippen molar-refractivity contribution in [1.29, 1.82) is 0 Å². The third-order valence-corrected chi connectivity index (χ3v) is 6.73. The Hall–Kier alpha value is -3.06. The second kappa shape index (κ2) is 11.6. The van der Waals surface area contributed by atoms with Gasteiger partial charge in [0.1, 0.15) is 0 Å². The van der Waals surface area contributed by atoms with Gasteiger partial charge in [-0.1, -0.05) is 63.3 Å². The number of unbranched alkanes of at least 4 members (excludes halogenated alkanes) is 5. The van der Waals surface area contributed by atoms with E-state index in [2.05, 4.69) is 12.2 Å². The summed E-state index contributed by atoms with van der Waals surface area (Å²) in [5.41, 5.74) is 2.41. The quantitative estimate of drug-likeness (QED) is 0.220. The van der Waals surface area contributed by atoms with Gasteiger partial charge in [-0.2, -0.15) is 5.06 Å². The molecule has 1 aliphatic heterocycles. The normalized spacial score (nSPS) is 17.1. The topological polar surface area (TPSA) is 76.1 Å². The van der Waals surface area contributed by atoms with E-state index in [1.54, 1.807) is 15.9 Å². The number of nitrogens with one attached hydrogen (secondary N) is 1. The Kier molecular flexibility index (Phi) is 8.78. The first-order valence-corrected chi connectivity index (χ1v) is 12.7. The molecule has 7 nitrogen and oxygen atoms in total. The van der Waals surface area contributed by atoms with Gasteiger partial charge in [0.15, 0.2) is 6.17 Å². The molecule has 1 atom stereocenters. The SMILES string of the molecule is CCCCCCCCN1C(=O)N(c2cccc(C)c2)[C@@H](N(O)C(=O)Nc2cccc(C)c2)C1(C)C. The summed E-state index contributed by atoms with van der Waals surface area (Å²) in [6, 6.07) is 14.1. The molecular weight excluding hydrogens is 440 g/mol. The van der Waals surface area contributed by atoms with Crippen molar-refractivity contribution in [1.82, 2.24) is 9.96 Å². The molecule has 4 amide bonds. The Morgan fingerprint density at radius 2 is 1.63 bits per heavy atom. The number of benzene rings is 2. The fourth-order valence-corrected chi connectivity index (χ4v) is 4.82. The van der Waals surface area contributed by atoms with Crippen LogP contribution in [0.5, 0.6) is 0 Å². The summed E-state index contributed by atoms with van der Waals surface area (Å²) in [4.78, 5) is 30.2. The third kappa shape index (κ3) is 6.14. The van der Waals surface area contributed by atoms with Gasteiger partial charge in [-0.3, -0.25) is 10.1 Å². The fourth-order valence-electron chi connectivity index (χ4n) is 4.82. The maximum atomic E-state index is 13.7. The van der Waals surface area contributed by atoms with Crippen LogP contribution in [0.25, 0.3) is 0 Å². The first-order chi connectivity index (χ1) is 16.7. The van der Waals surface area contributed by atoms with E-state index in [-0.39, 0.29) is 6.03 Å². The summed E-state index contributed by atoms with van der Waals surface area (Å²) < 4.78 is 0. The molecule has 2 aromatic rings. The Balaban J connectivity index is 1.86. The van der Waals surface area contributed by atoms with Crippen LogP contribution in [0.2, 0.25) is 0 Å². The average molecular weight is 481 g/mol. The molecule has 0 aromatic heterocycles. The fraction of sp³-hybridized carbons (Fsp3) is 0.500. The molecule has 0 bridgehead atoms. The molecule has 0 spiro atoms. The lowest BCUT2D eigenvalue weighted by Gasteiger charge is -2.38. The van der Waals surface area contributed by atoms with Crippen LogP contribution < -0.4 is 10.2 Å². The van der Waals surface area contributed by atoms with Crippen LogP contribution in [0.4, 0.5) is 21.0 Å². The molecular formula is C28H40N4O3. The van der Waals surface area contributed by atoms with Crippen molar-refractivity contribution >= 4 is 23.4 Å². The molecule has 7 heteroatoms. The minimum atomic E-state index is -0.901. The largest absolute Gasteiger partial charge is 0.347 e. The second-order valence-electron chi connectivity index (χ2n) is 10.1. The van der Waals surface area contributed by atoms with Crippen LogP contribution in [0, 0.1) is 13.8 Å². The highest BCUT2D eigenvalue weighted by molar-refractivity contribution is 5.98. The van der Waals surface area contributed by atoms with E-state index < -0.39 is 17.7 Å². The lowest BCUT2D eigenvalue weighted by atomic mass is 9.99. The number of hydrogen-bond acceptors (Lipinski definition) is 3. The molecule has 1 fully saturated rings. The van der Waals surface area contributed by atoms with Crippen molar-refractivity contribution in [3.63, 3.8) is 0 Å². The van der Waals surface area contributed by atoms with Crippen molar-refractivity contribution in [3.05, 3.63) is 59.7 Å². The van der Waals surface area contributed by atoms with Gasteiger partial charge in [-0.25, -0.2) is 9.59 Å². The zero-order valence-corrected chi connectivity index (χ0v) is 21.8. The van der Waals surface area contributed by atoms with Crippen LogP contribution in [0.15, 0.2) is 48.5 Å². The smallest absolute Gasteiger partial charge is 0.315 e. The van der Waals surface area contributed by atoms with Gasteiger partial charge < -0.3 is 10.2 Å². The number of aryl methyl sites for hydroxylation is 2. The Morgan fingerprint density at radius 3 is 2.29 bits per heavy atom. The number of rotatable bonds is 10. The number of carbonyl (C=O) groups is 2. The number of urea groups is 2. The maximum Gasteiger partial charge on any atom is 0.347 e. The maximum absolute atomic E-state index is 13.7. The van der Waals surface area contributed by atoms with Gasteiger partial charge in [0.05, 0.1) is 5.54 Å². The highest BCUT2D eigenvalue weighted by atomic mass is 16.5. The van der Waals surface area contributed by atoms with E-state index in [0.29, 0.717) is 23.0 Å². The van der Waals surface area contributed by atoms with Crippen molar-refractivity contribution in [3.8, 4) is 0 Å². The average Bonchev–Trinajstić information content (AvgIpc) is 3.00. The first-order valence-electron chi connectivity index (χ1n) is 12.7. The van der Waals surface area contributed by atoms with E-state index in [1.165, 1.54) is 19.3 Å². The number of anilines is 2. The van der Waals surface area contributed by atoms with Crippen LogP contribution in [-0.2, 0) is 0 Å². The molecule has 2 aromatic carbocycles. The highest BCUT2D eigenvalue weighted by Crippen LogP contribution is 2.38. The molecule has 2 N–H and O–H groups in total. The molecule has 0 unspecified atom stereocenters. The molecule has 0 saturated carbocycles. The summed E-state index contributed by atoms with van der Waals surface area (Å²) in [6.07, 6.45) is 5.80. The standard InChI is InChI=1S/C28H40N4O3/c1-6-7-8-9-10-11-18-30-27(34)31(24-17-13-15-22(3)20-24)25(28(30,4)5)32(35)26(33)29-23-16-12-14-21(2)19-23/h12-17,19-20,25,35H,6-11,18H2,1-5H3,(H,29,33)/t25-/m0/s1. The van der Waals surface area contributed by atoms with E-state index in [0.717, 1.165) is 30.4 Å². The van der Waals surface area contributed by atoms with Gasteiger partial charge in [-0.05, 0) is 69.5 Å². The molecule has 1 saturated heterocycles. The second-order valence-corrected chi connectivity index (χ2v) is 10.1. The van der Waals surface area contributed by atoms with Gasteiger partial charge in [0.2, 0.25) is 0 Å². The van der Waals surface area contributed by atoms with Gasteiger partial charge in [0.25, 0.3) is 0 Å². The molecule has 0 aliphatic carbocycles. The summed E-state index contributed by atoms with van der Waals surface area (Å²) in [7, 11) is 0. The number of nitrogens with zero attached hydrogens (tertiary/aromatic N) is 3. The summed E-state index contributed by atoms with van der Waals surface area (Å²) in [6.45, 7) is 10.5. The van der Waals surface area contributed by atoms with Crippen molar-refractivity contribution in [2.45, 2.75) is 84.8 Å². The van der Waals surface area contributed by atoms with Gasteiger partial charge in [-0.15, -0.1) is 0 Å². The van der Waals surface area contributed by atoms with E-state index in [9.17, 15) is 14.8 Å². The van der Waals surface area contributed by atoms with Crippen molar-refractivity contribution < 1.29 is 14.8 Å². The molecule has 35 heavy (non-hydrogen) atoms. The number of hydrogen-bond donors (Lipinski definition) is 2. The van der Waals surface area contributed by atoms with E-state index in [1.807, 2.05) is 70.2 Å². The zero-order valence-electron chi connectivity index (χ0n) is 21.8. The van der Waals surface area contributed by atoms with Crippen LogP contribution >= 0.6 is 0 Å². The Morgan fingerprint density at radius 1 is 1.00 bits per heavy atom. The molecule has 190 valence electrons. The van der Waals surface area contributed by atoms with Gasteiger partial charge in [0, 0.05) is 17.9 Å². The molecule has 1 aliphatic rings. The molecule has 3 rings (SSSR count). The van der Waals surface area contributed by atoms with Crippen molar-refractivity contribution in [2.24, 2.45) is 0 Å². The van der Waals surface area contributed by atoms with Gasteiger partial charge >= 0.3 is 12.1 Å². The zero-order chi connectivity index (χ0) is 25.6. The highest BCUT2D eigenvalue weighted by Gasteiger charge is 2.55. The van der Waals surface area contributed by atoms with Crippen LogP contribution in [0.1, 0.15) is 70.4 Å². The summed E-state index contributed by atoms with van der Waals surface area (Å²) in [5, 5.41) is 14.6. The summed E-state index contributed by atoms with van der Waals surface area (Å²) >= 11 is 0. The molecule has 0 radical (unpaired) electrons. The predicted octanol–water partition coefficient (Wildman–Crippen LogP) is 6.93. The third-order valence-electron chi connectivity index (χ3n) is 6.73. The van der Waals surface area contributed by atoms with Crippen molar-refractivity contribution in [2.75, 3.05) is 16.8 Å². The summed E-state index contributed by atoms with van der Waals surface area (Å²) in [5.74, 6) is 0. The lowest BCUT2D eigenvalue weighted by Crippen LogP contribution is -2.58. The Bertz CT molecular complexity index is 1020. The monoisotopic (exact) mass is 480 g/mol. The van der Waals surface area contributed by atoms with E-state index in [4.69, 9.17) is 0 Å². The lowest BCUT2D eigenvalue weighted by molar-refractivity contribution is -0.0949. The van der Waals surface area contributed by atoms with Crippen LogP contribution in [0.3, 0.4) is 0 Å². The van der Waals surface area contributed by atoms with E-state index >= 15 is 0 Å². The molecule has 1 heterocycles.